The Bertz CT molecular complexity index is 1030. The fourth-order valence-electron chi connectivity index (χ4n) is 4.23. The van der Waals surface area contributed by atoms with E-state index in [1.54, 1.807) is 31.1 Å². The fraction of sp³-hybridized carbons (Fsp3) is 0.500. The number of Topliss-reactive ketones (excluding diaryl/α,β-unsaturated/α-hetero) is 1. The van der Waals surface area contributed by atoms with Gasteiger partial charge in [0, 0.05) is 51.3 Å². The highest BCUT2D eigenvalue weighted by Crippen LogP contribution is 2.31. The lowest BCUT2D eigenvalue weighted by molar-refractivity contribution is -0.133. The number of rotatable bonds is 8. The molecule has 2 aliphatic heterocycles. The Kier molecular flexibility index (Phi) is 7.53. The van der Waals surface area contributed by atoms with Gasteiger partial charge in [0.1, 0.15) is 11.6 Å². The van der Waals surface area contributed by atoms with Crippen LogP contribution in [-0.2, 0) is 14.3 Å². The predicted molar refractivity (Wildman–Crippen MR) is 132 cm³/mol. The topological polar surface area (TPSA) is 90.9 Å². The van der Waals surface area contributed by atoms with Gasteiger partial charge < -0.3 is 24.8 Å². The standard InChI is InChI=1S/C24H31ClN6O3/c1-4-18(32)15-34-21-13-16-12-17(6-7-20(16)29(3)23(21)33)27-22-19(25)14-26-24(28-22)31-10-8-30(5-2)9-11-31/h6-7,12-14,16,20H,4-5,8-11,15H2,1-3H3,(H,26,27,28). The predicted octanol–water partition coefficient (Wildman–Crippen LogP) is 2.47. The zero-order valence-electron chi connectivity index (χ0n) is 19.8. The number of ether oxygens (including phenoxy) is 1. The first-order valence-electron chi connectivity index (χ1n) is 11.7. The van der Waals surface area contributed by atoms with Crippen molar-refractivity contribution in [2.45, 2.75) is 26.3 Å². The Morgan fingerprint density at radius 2 is 2.00 bits per heavy atom. The number of nitrogens with one attached hydrogen (secondary N) is 1. The van der Waals surface area contributed by atoms with E-state index in [0.717, 1.165) is 38.4 Å². The van der Waals surface area contributed by atoms with Gasteiger partial charge in [0.15, 0.2) is 17.4 Å². The van der Waals surface area contributed by atoms with E-state index < -0.39 is 0 Å². The van der Waals surface area contributed by atoms with Crippen LogP contribution in [0.3, 0.4) is 0 Å². The summed E-state index contributed by atoms with van der Waals surface area (Å²) in [7, 11) is 1.74. The molecule has 2 atom stereocenters. The minimum Gasteiger partial charge on any atom is -0.480 e. The van der Waals surface area contributed by atoms with Crippen molar-refractivity contribution in [1.29, 1.82) is 0 Å². The first-order valence-corrected chi connectivity index (χ1v) is 12.1. The third-order valence-corrected chi connectivity index (χ3v) is 6.72. The number of amides is 1. The molecule has 3 heterocycles. The molecule has 1 aromatic heterocycles. The lowest BCUT2D eigenvalue weighted by atomic mass is 9.89. The molecule has 9 nitrogen and oxygen atoms in total. The fourth-order valence-corrected chi connectivity index (χ4v) is 4.37. The summed E-state index contributed by atoms with van der Waals surface area (Å²) in [4.78, 5) is 39.6. The summed E-state index contributed by atoms with van der Waals surface area (Å²) < 4.78 is 5.53. The number of allylic oxidation sites excluding steroid dienone is 1. The number of aromatic nitrogens is 2. The maximum absolute atomic E-state index is 12.6. The molecule has 0 saturated carbocycles. The highest BCUT2D eigenvalue weighted by molar-refractivity contribution is 6.32. The SMILES string of the molecule is CCC(=O)COC1=CC2C=C(Nc3nc(N4CCN(CC)CC4)ncc3Cl)C=CC2N(C)C1=O. The molecular formula is C24H31ClN6O3. The monoisotopic (exact) mass is 486 g/mol. The van der Waals surface area contributed by atoms with E-state index in [-0.39, 0.29) is 36.0 Å². The maximum atomic E-state index is 12.6. The number of carbonyl (C=O) groups is 2. The minimum atomic E-state index is -0.230. The van der Waals surface area contributed by atoms with E-state index in [4.69, 9.17) is 16.3 Å². The molecule has 1 amide bonds. The lowest BCUT2D eigenvalue weighted by Gasteiger charge is -2.36. The van der Waals surface area contributed by atoms with Gasteiger partial charge in [-0.25, -0.2) is 4.98 Å². The van der Waals surface area contributed by atoms with Crippen molar-refractivity contribution >= 4 is 35.1 Å². The van der Waals surface area contributed by atoms with E-state index >= 15 is 0 Å². The van der Waals surface area contributed by atoms with Gasteiger partial charge in [-0.1, -0.05) is 37.6 Å². The zero-order valence-corrected chi connectivity index (χ0v) is 20.6. The van der Waals surface area contributed by atoms with Crippen molar-refractivity contribution in [1.82, 2.24) is 19.8 Å². The highest BCUT2D eigenvalue weighted by atomic mass is 35.5. The van der Waals surface area contributed by atoms with Crippen LogP contribution < -0.4 is 10.2 Å². The number of hydrogen-bond donors (Lipinski definition) is 1. The van der Waals surface area contributed by atoms with Crippen LogP contribution in [0, 0.1) is 5.92 Å². The number of carbonyl (C=O) groups excluding carboxylic acids is 2. The third-order valence-electron chi connectivity index (χ3n) is 6.44. The number of hydrogen-bond acceptors (Lipinski definition) is 8. The lowest BCUT2D eigenvalue weighted by Crippen LogP contribution is -2.46. The highest BCUT2D eigenvalue weighted by Gasteiger charge is 2.34. The molecule has 1 saturated heterocycles. The van der Waals surface area contributed by atoms with Crippen molar-refractivity contribution in [2.75, 3.05) is 56.6 Å². The summed E-state index contributed by atoms with van der Waals surface area (Å²) in [5.74, 6) is 0.999. The van der Waals surface area contributed by atoms with Crippen molar-refractivity contribution < 1.29 is 14.3 Å². The van der Waals surface area contributed by atoms with E-state index in [0.29, 0.717) is 23.2 Å². The molecule has 2 unspecified atom stereocenters. The van der Waals surface area contributed by atoms with Crippen molar-refractivity contribution in [3.8, 4) is 0 Å². The van der Waals surface area contributed by atoms with Gasteiger partial charge in [0.2, 0.25) is 5.95 Å². The molecule has 4 rings (SSSR count). The van der Waals surface area contributed by atoms with Gasteiger partial charge in [0.25, 0.3) is 5.91 Å². The van der Waals surface area contributed by atoms with Gasteiger partial charge in [-0.2, -0.15) is 4.98 Å². The van der Waals surface area contributed by atoms with E-state index in [2.05, 4.69) is 32.0 Å². The average molecular weight is 487 g/mol. The average Bonchev–Trinajstić information content (AvgIpc) is 2.86. The maximum Gasteiger partial charge on any atom is 0.288 e. The molecule has 0 spiro atoms. The molecule has 1 aromatic rings. The first kappa shape index (κ1) is 24.2. The quantitative estimate of drug-likeness (QED) is 0.599. The molecule has 10 heteroatoms. The van der Waals surface area contributed by atoms with Gasteiger partial charge in [0.05, 0.1) is 12.2 Å². The van der Waals surface area contributed by atoms with E-state index in [1.165, 1.54) is 0 Å². The molecule has 1 aliphatic carbocycles. The van der Waals surface area contributed by atoms with Crippen LogP contribution in [0.15, 0.2) is 42.0 Å². The van der Waals surface area contributed by atoms with Crippen LogP contribution in [0.2, 0.25) is 5.02 Å². The Balaban J connectivity index is 1.50. The third kappa shape index (κ3) is 5.26. The Morgan fingerprint density at radius 1 is 1.24 bits per heavy atom. The normalized spacial score (nSPS) is 22.8. The number of halogens is 1. The second kappa shape index (κ2) is 10.6. The number of piperazine rings is 1. The van der Waals surface area contributed by atoms with Crippen LogP contribution in [0.5, 0.6) is 0 Å². The molecule has 3 aliphatic rings. The number of ketones is 1. The van der Waals surface area contributed by atoms with Crippen LogP contribution >= 0.6 is 11.6 Å². The smallest absolute Gasteiger partial charge is 0.288 e. The molecule has 1 N–H and O–H groups in total. The van der Waals surface area contributed by atoms with Crippen molar-refractivity contribution in [2.24, 2.45) is 5.92 Å². The second-order valence-corrected chi connectivity index (χ2v) is 9.00. The Labute approximate surface area is 205 Å². The summed E-state index contributed by atoms with van der Waals surface area (Å²) >= 11 is 6.41. The van der Waals surface area contributed by atoms with Crippen LogP contribution in [0.4, 0.5) is 11.8 Å². The molecule has 1 fully saturated rings. The van der Waals surface area contributed by atoms with Crippen LogP contribution in [0.25, 0.3) is 0 Å². The van der Waals surface area contributed by atoms with E-state index in [1.807, 2.05) is 18.2 Å². The summed E-state index contributed by atoms with van der Waals surface area (Å²) in [6.45, 7) is 8.58. The van der Waals surface area contributed by atoms with Gasteiger partial charge in [-0.3, -0.25) is 9.59 Å². The summed E-state index contributed by atoms with van der Waals surface area (Å²) in [6, 6.07) is -0.126. The molecular weight excluding hydrogens is 456 g/mol. The van der Waals surface area contributed by atoms with Crippen LogP contribution in [0.1, 0.15) is 20.3 Å². The van der Waals surface area contributed by atoms with Gasteiger partial charge in [-0.15, -0.1) is 0 Å². The van der Waals surface area contributed by atoms with Crippen molar-refractivity contribution in [3.05, 3.63) is 47.0 Å². The van der Waals surface area contributed by atoms with Crippen molar-refractivity contribution in [3.63, 3.8) is 0 Å². The van der Waals surface area contributed by atoms with Crippen LogP contribution in [-0.4, -0.2) is 83.9 Å². The van der Waals surface area contributed by atoms with E-state index in [9.17, 15) is 9.59 Å². The van der Waals surface area contributed by atoms with Gasteiger partial charge in [-0.05, 0) is 18.7 Å². The first-order chi connectivity index (χ1) is 16.4. The summed E-state index contributed by atoms with van der Waals surface area (Å²) in [5, 5.41) is 3.74. The minimum absolute atomic E-state index is 0.0507. The molecule has 0 aromatic carbocycles. The second-order valence-electron chi connectivity index (χ2n) is 8.59. The number of nitrogens with zero attached hydrogens (tertiary/aromatic N) is 5. The number of anilines is 2. The Morgan fingerprint density at radius 3 is 2.71 bits per heavy atom. The molecule has 182 valence electrons. The molecule has 34 heavy (non-hydrogen) atoms. The molecule has 0 bridgehead atoms. The largest absolute Gasteiger partial charge is 0.480 e. The molecule has 0 radical (unpaired) electrons. The summed E-state index contributed by atoms with van der Waals surface area (Å²) in [5.41, 5.74) is 0.812. The summed E-state index contributed by atoms with van der Waals surface area (Å²) in [6.07, 6.45) is 9.67. The number of fused-ring (bicyclic) bond motifs is 1. The van der Waals surface area contributed by atoms with Gasteiger partial charge >= 0.3 is 0 Å². The zero-order chi connectivity index (χ0) is 24.2. The Hall–Kier alpha value is -2.91. The number of likely N-dealkylation sites (N-methyl/N-ethyl adjacent to an activating group) is 2.